The molecule has 1 aromatic carbocycles. The third-order valence-corrected chi connectivity index (χ3v) is 1.70. The van der Waals surface area contributed by atoms with Crippen molar-refractivity contribution in [1.29, 1.82) is 0 Å². The second-order valence-corrected chi connectivity index (χ2v) is 3.14. The van der Waals surface area contributed by atoms with Crippen LogP contribution in [0.25, 0.3) is 0 Å². The van der Waals surface area contributed by atoms with Crippen LogP contribution in [0.3, 0.4) is 0 Å². The van der Waals surface area contributed by atoms with Crippen molar-refractivity contribution in [3.63, 3.8) is 0 Å². The Kier molecular flexibility index (Phi) is 4.49. The van der Waals surface area contributed by atoms with Crippen LogP contribution in [-0.2, 0) is 0 Å². The van der Waals surface area contributed by atoms with Gasteiger partial charge in [-0.25, -0.2) is 0 Å². The van der Waals surface area contributed by atoms with Crippen molar-refractivity contribution in [3.05, 3.63) is 29.8 Å². The molecule has 0 saturated heterocycles. The summed E-state index contributed by atoms with van der Waals surface area (Å²) in [5.74, 6) is 0.175. The molecule has 0 atom stereocenters. The Hall–Kier alpha value is -1.02. The average molecular weight is 200 g/mol. The van der Waals surface area contributed by atoms with E-state index in [1.54, 1.807) is 24.3 Å². The molecule has 0 aromatic heterocycles. The van der Waals surface area contributed by atoms with Crippen molar-refractivity contribution < 1.29 is 4.79 Å². The quantitative estimate of drug-likeness (QED) is 0.588. The van der Waals surface area contributed by atoms with Gasteiger partial charge in [0.15, 0.2) is 5.78 Å². The minimum Gasteiger partial charge on any atom is -0.399 e. The Morgan fingerprint density at radius 3 is 2.46 bits per heavy atom. The molecule has 72 valence electrons. The molecule has 0 aliphatic heterocycles. The smallest absolute Gasteiger partial charge is 0.165 e. The molecule has 0 fully saturated rings. The lowest BCUT2D eigenvalue weighted by atomic mass is 10.0. The van der Waals surface area contributed by atoms with E-state index in [1.165, 1.54) is 0 Å². The number of hydrogen-bond acceptors (Lipinski definition) is 2. The highest BCUT2D eigenvalue weighted by Crippen LogP contribution is 2.11. The number of rotatable bonds is 2. The molecule has 0 radical (unpaired) electrons. The molecule has 0 unspecified atom stereocenters. The van der Waals surface area contributed by atoms with Crippen LogP contribution < -0.4 is 5.73 Å². The standard InChI is InChI=1S/C10H13NO.ClH/c1-7(2)10(12)8-4-3-5-9(11)6-8;/h3-7H,11H2,1-2H3;1H. The van der Waals surface area contributed by atoms with E-state index in [4.69, 9.17) is 5.73 Å². The molecule has 0 heterocycles. The van der Waals surface area contributed by atoms with Crippen molar-refractivity contribution in [3.8, 4) is 0 Å². The first kappa shape index (κ1) is 12.0. The minimum atomic E-state index is 0. The Labute approximate surface area is 84.5 Å². The predicted octanol–water partition coefficient (Wildman–Crippen LogP) is 2.53. The zero-order valence-electron chi connectivity index (χ0n) is 7.78. The van der Waals surface area contributed by atoms with Crippen molar-refractivity contribution >= 4 is 23.9 Å². The van der Waals surface area contributed by atoms with Gasteiger partial charge >= 0.3 is 0 Å². The van der Waals surface area contributed by atoms with Gasteiger partial charge in [0.05, 0.1) is 0 Å². The van der Waals surface area contributed by atoms with Gasteiger partial charge in [-0.3, -0.25) is 4.79 Å². The second-order valence-electron chi connectivity index (χ2n) is 3.14. The Morgan fingerprint density at radius 2 is 2.00 bits per heavy atom. The fourth-order valence-electron chi connectivity index (χ4n) is 1.03. The van der Waals surface area contributed by atoms with Gasteiger partial charge < -0.3 is 5.73 Å². The Balaban J connectivity index is 0.00000144. The molecule has 0 amide bonds. The molecule has 2 N–H and O–H groups in total. The summed E-state index contributed by atoms with van der Waals surface area (Å²) >= 11 is 0. The van der Waals surface area contributed by atoms with Gasteiger partial charge in [0.2, 0.25) is 0 Å². The molecule has 0 aliphatic rings. The number of ketones is 1. The minimum absolute atomic E-state index is 0. The highest BCUT2D eigenvalue weighted by molar-refractivity contribution is 5.98. The van der Waals surface area contributed by atoms with Crippen LogP contribution in [0.1, 0.15) is 24.2 Å². The Bertz CT molecular complexity index is 297. The molecule has 0 aliphatic carbocycles. The topological polar surface area (TPSA) is 43.1 Å². The number of nitrogens with two attached hydrogens (primary N) is 1. The average Bonchev–Trinajstić information content (AvgIpc) is 2.03. The van der Waals surface area contributed by atoms with Crippen molar-refractivity contribution in [2.45, 2.75) is 13.8 Å². The van der Waals surface area contributed by atoms with Gasteiger partial charge in [0.1, 0.15) is 0 Å². The van der Waals surface area contributed by atoms with Gasteiger partial charge in [-0.15, -0.1) is 12.4 Å². The summed E-state index contributed by atoms with van der Waals surface area (Å²) in [6, 6.07) is 7.07. The summed E-state index contributed by atoms with van der Waals surface area (Å²) in [5.41, 5.74) is 6.88. The summed E-state index contributed by atoms with van der Waals surface area (Å²) in [5, 5.41) is 0. The lowest BCUT2D eigenvalue weighted by Gasteiger charge is -2.03. The second kappa shape index (κ2) is 4.87. The van der Waals surface area contributed by atoms with Crippen LogP contribution in [-0.4, -0.2) is 5.78 Å². The van der Waals surface area contributed by atoms with E-state index in [9.17, 15) is 4.79 Å². The van der Waals surface area contributed by atoms with E-state index in [0.29, 0.717) is 11.3 Å². The largest absolute Gasteiger partial charge is 0.399 e. The number of carbonyl (C=O) groups is 1. The van der Waals surface area contributed by atoms with Crippen molar-refractivity contribution in [1.82, 2.24) is 0 Å². The fraction of sp³-hybridized carbons (Fsp3) is 0.300. The SMILES string of the molecule is CC(C)C(=O)c1cccc(N)c1.Cl. The number of anilines is 1. The Morgan fingerprint density at radius 1 is 1.38 bits per heavy atom. The molecule has 0 bridgehead atoms. The molecule has 0 saturated carbocycles. The summed E-state index contributed by atoms with van der Waals surface area (Å²) < 4.78 is 0. The van der Waals surface area contributed by atoms with E-state index in [1.807, 2.05) is 13.8 Å². The van der Waals surface area contributed by atoms with Gasteiger partial charge in [-0.1, -0.05) is 26.0 Å². The zero-order valence-corrected chi connectivity index (χ0v) is 8.60. The van der Waals surface area contributed by atoms with Crippen LogP contribution in [0.2, 0.25) is 0 Å². The van der Waals surface area contributed by atoms with E-state index >= 15 is 0 Å². The van der Waals surface area contributed by atoms with Crippen LogP contribution in [0.4, 0.5) is 5.69 Å². The maximum Gasteiger partial charge on any atom is 0.165 e. The molecule has 13 heavy (non-hydrogen) atoms. The number of halogens is 1. The third-order valence-electron chi connectivity index (χ3n) is 1.70. The fourth-order valence-corrected chi connectivity index (χ4v) is 1.03. The zero-order chi connectivity index (χ0) is 9.14. The molecule has 2 nitrogen and oxygen atoms in total. The normalized spacial score (nSPS) is 9.46. The molecule has 1 aromatic rings. The molecule has 1 rings (SSSR count). The number of nitrogen functional groups attached to an aromatic ring is 1. The van der Waals surface area contributed by atoms with E-state index < -0.39 is 0 Å². The summed E-state index contributed by atoms with van der Waals surface area (Å²) in [7, 11) is 0. The van der Waals surface area contributed by atoms with Crippen LogP contribution >= 0.6 is 12.4 Å². The monoisotopic (exact) mass is 199 g/mol. The molecular formula is C10H14ClNO. The highest BCUT2D eigenvalue weighted by atomic mass is 35.5. The predicted molar refractivity (Wildman–Crippen MR) is 57.3 cm³/mol. The van der Waals surface area contributed by atoms with Crippen LogP contribution in [0.5, 0.6) is 0 Å². The van der Waals surface area contributed by atoms with E-state index in [0.717, 1.165) is 0 Å². The lowest BCUT2D eigenvalue weighted by molar-refractivity contribution is 0.0939. The van der Waals surface area contributed by atoms with E-state index in [-0.39, 0.29) is 24.1 Å². The van der Waals surface area contributed by atoms with E-state index in [2.05, 4.69) is 0 Å². The summed E-state index contributed by atoms with van der Waals surface area (Å²) in [6.07, 6.45) is 0. The first-order valence-corrected chi connectivity index (χ1v) is 4.01. The van der Waals surface area contributed by atoms with Crippen LogP contribution in [0, 0.1) is 5.92 Å². The maximum atomic E-state index is 11.4. The maximum absolute atomic E-state index is 11.4. The first-order valence-electron chi connectivity index (χ1n) is 4.01. The summed E-state index contributed by atoms with van der Waals surface area (Å²) in [6.45, 7) is 3.76. The number of Topliss-reactive ketones (excluding diaryl/α,β-unsaturated/α-hetero) is 1. The van der Waals surface area contributed by atoms with Gasteiger partial charge in [0.25, 0.3) is 0 Å². The van der Waals surface area contributed by atoms with Crippen molar-refractivity contribution in [2.24, 2.45) is 5.92 Å². The van der Waals surface area contributed by atoms with Gasteiger partial charge in [-0.05, 0) is 12.1 Å². The third kappa shape index (κ3) is 3.07. The molecule has 3 heteroatoms. The van der Waals surface area contributed by atoms with Crippen molar-refractivity contribution in [2.75, 3.05) is 5.73 Å². The van der Waals surface area contributed by atoms with Crippen LogP contribution in [0.15, 0.2) is 24.3 Å². The first-order chi connectivity index (χ1) is 5.61. The molecule has 0 spiro atoms. The number of hydrogen-bond donors (Lipinski definition) is 1. The number of carbonyl (C=O) groups excluding carboxylic acids is 1. The van der Waals surface area contributed by atoms with Gasteiger partial charge in [0, 0.05) is 17.2 Å². The highest BCUT2D eigenvalue weighted by Gasteiger charge is 2.09. The summed E-state index contributed by atoms with van der Waals surface area (Å²) in [4.78, 5) is 11.4. The van der Waals surface area contributed by atoms with Gasteiger partial charge in [-0.2, -0.15) is 0 Å². The lowest BCUT2D eigenvalue weighted by Crippen LogP contribution is -2.07. The molecular weight excluding hydrogens is 186 g/mol. The number of benzene rings is 1.